The standard InChI is InChI=1S/C14H13NO4S/c16-14(17)10-20(18,19)15-13-8-6-12(7-9-13)11-4-2-1-3-5-11/h1-9,15H,10H2,(H,16,17). The van der Waals surface area contributed by atoms with E-state index >= 15 is 0 Å². The van der Waals surface area contributed by atoms with E-state index in [1.807, 2.05) is 30.3 Å². The van der Waals surface area contributed by atoms with Crippen LogP contribution in [-0.4, -0.2) is 25.2 Å². The van der Waals surface area contributed by atoms with Gasteiger partial charge in [-0.15, -0.1) is 0 Å². The normalized spacial score (nSPS) is 11.0. The Hall–Kier alpha value is -2.34. The first-order valence-corrected chi connectivity index (χ1v) is 7.49. The molecule has 0 aliphatic heterocycles. The minimum Gasteiger partial charge on any atom is -0.480 e. The second-order valence-electron chi connectivity index (χ2n) is 4.20. The third kappa shape index (κ3) is 3.83. The van der Waals surface area contributed by atoms with Crippen molar-refractivity contribution >= 4 is 21.7 Å². The molecule has 6 heteroatoms. The summed E-state index contributed by atoms with van der Waals surface area (Å²) < 4.78 is 25.2. The second-order valence-corrected chi connectivity index (χ2v) is 5.92. The van der Waals surface area contributed by atoms with Gasteiger partial charge in [0, 0.05) is 5.69 Å². The molecule has 0 amide bonds. The highest BCUT2D eigenvalue weighted by molar-refractivity contribution is 7.93. The van der Waals surface area contributed by atoms with Crippen LogP contribution in [0.5, 0.6) is 0 Å². The Kier molecular flexibility index (Phi) is 4.05. The fraction of sp³-hybridized carbons (Fsp3) is 0.0714. The number of rotatable bonds is 5. The molecule has 0 saturated carbocycles. The molecule has 104 valence electrons. The zero-order valence-corrected chi connectivity index (χ0v) is 11.3. The number of carbonyl (C=O) groups is 1. The van der Waals surface area contributed by atoms with Crippen molar-refractivity contribution in [3.05, 3.63) is 54.6 Å². The average molecular weight is 291 g/mol. The SMILES string of the molecule is O=C(O)CS(=O)(=O)Nc1ccc(-c2ccccc2)cc1. The van der Waals surface area contributed by atoms with Crippen LogP contribution in [0.3, 0.4) is 0 Å². The topological polar surface area (TPSA) is 83.5 Å². The van der Waals surface area contributed by atoms with Gasteiger partial charge in [-0.2, -0.15) is 0 Å². The van der Waals surface area contributed by atoms with Crippen molar-refractivity contribution in [2.24, 2.45) is 0 Å². The molecule has 2 aromatic carbocycles. The molecule has 0 fully saturated rings. The predicted molar refractivity (Wildman–Crippen MR) is 76.9 cm³/mol. The maximum absolute atomic E-state index is 11.5. The van der Waals surface area contributed by atoms with Crippen LogP contribution < -0.4 is 4.72 Å². The molecule has 0 aromatic heterocycles. The van der Waals surface area contributed by atoms with E-state index in [0.717, 1.165) is 11.1 Å². The first-order chi connectivity index (χ1) is 9.46. The molecule has 0 aliphatic carbocycles. The number of benzene rings is 2. The minimum absolute atomic E-state index is 0.339. The number of hydrogen-bond donors (Lipinski definition) is 2. The molecule has 0 aliphatic rings. The molecular formula is C14H13NO4S. The summed E-state index contributed by atoms with van der Waals surface area (Å²) in [6, 6.07) is 16.4. The number of nitrogens with one attached hydrogen (secondary N) is 1. The molecule has 2 rings (SSSR count). The molecule has 2 aromatic rings. The van der Waals surface area contributed by atoms with Gasteiger partial charge in [-0.05, 0) is 23.3 Å². The van der Waals surface area contributed by atoms with Crippen molar-refractivity contribution in [3.8, 4) is 11.1 Å². The van der Waals surface area contributed by atoms with Crippen LogP contribution in [0.4, 0.5) is 5.69 Å². The summed E-state index contributed by atoms with van der Waals surface area (Å²) in [6.07, 6.45) is 0. The van der Waals surface area contributed by atoms with Gasteiger partial charge in [-0.3, -0.25) is 9.52 Å². The Morgan fingerprint density at radius 2 is 1.50 bits per heavy atom. The molecular weight excluding hydrogens is 278 g/mol. The Bertz CT molecular complexity index is 694. The lowest BCUT2D eigenvalue weighted by molar-refractivity contribution is -0.134. The highest BCUT2D eigenvalue weighted by Gasteiger charge is 2.15. The number of hydrogen-bond acceptors (Lipinski definition) is 3. The molecule has 0 spiro atoms. The highest BCUT2D eigenvalue weighted by atomic mass is 32.2. The maximum Gasteiger partial charge on any atom is 0.320 e. The summed E-state index contributed by atoms with van der Waals surface area (Å²) in [7, 11) is -3.86. The molecule has 0 bridgehead atoms. The number of anilines is 1. The van der Waals surface area contributed by atoms with E-state index in [1.165, 1.54) is 0 Å². The smallest absolute Gasteiger partial charge is 0.320 e. The molecule has 0 saturated heterocycles. The fourth-order valence-electron chi connectivity index (χ4n) is 1.74. The summed E-state index contributed by atoms with van der Waals surface area (Å²) in [6.45, 7) is 0. The number of sulfonamides is 1. The molecule has 0 radical (unpaired) electrons. The van der Waals surface area contributed by atoms with E-state index in [9.17, 15) is 13.2 Å². The van der Waals surface area contributed by atoms with Gasteiger partial charge in [0.1, 0.15) is 0 Å². The van der Waals surface area contributed by atoms with Gasteiger partial charge in [-0.25, -0.2) is 8.42 Å². The Labute approximate surface area is 116 Å². The number of aliphatic carboxylic acids is 1. The van der Waals surface area contributed by atoms with E-state index < -0.39 is 21.7 Å². The van der Waals surface area contributed by atoms with Gasteiger partial charge in [0.15, 0.2) is 5.75 Å². The maximum atomic E-state index is 11.5. The Morgan fingerprint density at radius 1 is 0.950 bits per heavy atom. The predicted octanol–water partition coefficient (Wildman–Crippen LogP) is 2.18. The van der Waals surface area contributed by atoms with Crippen molar-refractivity contribution in [1.29, 1.82) is 0 Å². The van der Waals surface area contributed by atoms with Gasteiger partial charge >= 0.3 is 5.97 Å². The summed E-state index contributed by atoms with van der Waals surface area (Å²) >= 11 is 0. The van der Waals surface area contributed by atoms with Gasteiger partial charge in [-0.1, -0.05) is 42.5 Å². The summed E-state index contributed by atoms with van der Waals surface area (Å²) in [5, 5.41) is 8.50. The lowest BCUT2D eigenvalue weighted by atomic mass is 10.1. The Balaban J connectivity index is 2.15. The van der Waals surface area contributed by atoms with E-state index in [0.29, 0.717) is 5.69 Å². The van der Waals surface area contributed by atoms with Crippen molar-refractivity contribution in [3.63, 3.8) is 0 Å². The third-order valence-corrected chi connectivity index (χ3v) is 3.75. The van der Waals surface area contributed by atoms with E-state index in [1.54, 1.807) is 24.3 Å². The van der Waals surface area contributed by atoms with E-state index in [4.69, 9.17) is 5.11 Å². The lowest BCUT2D eigenvalue weighted by Crippen LogP contribution is -2.22. The summed E-state index contributed by atoms with van der Waals surface area (Å²) in [5.41, 5.74) is 2.31. The van der Waals surface area contributed by atoms with Crippen LogP contribution in [0.1, 0.15) is 0 Å². The summed E-state index contributed by atoms with van der Waals surface area (Å²) in [4.78, 5) is 10.4. The van der Waals surface area contributed by atoms with Crippen LogP contribution in [0.25, 0.3) is 11.1 Å². The monoisotopic (exact) mass is 291 g/mol. The van der Waals surface area contributed by atoms with Gasteiger partial charge in [0.05, 0.1) is 0 Å². The van der Waals surface area contributed by atoms with E-state index in [-0.39, 0.29) is 0 Å². The number of carboxylic acids is 1. The Morgan fingerprint density at radius 3 is 2.05 bits per heavy atom. The first-order valence-electron chi connectivity index (χ1n) is 5.84. The van der Waals surface area contributed by atoms with Crippen LogP contribution in [0, 0.1) is 0 Å². The van der Waals surface area contributed by atoms with Crippen LogP contribution in [0.2, 0.25) is 0 Å². The molecule has 20 heavy (non-hydrogen) atoms. The number of carboxylic acid groups (broad SMARTS) is 1. The second kappa shape index (κ2) is 5.75. The molecule has 0 unspecified atom stereocenters. The zero-order valence-electron chi connectivity index (χ0n) is 10.5. The third-order valence-electron chi connectivity index (χ3n) is 2.58. The summed E-state index contributed by atoms with van der Waals surface area (Å²) in [5.74, 6) is -2.34. The fourth-order valence-corrected chi connectivity index (χ4v) is 2.63. The van der Waals surface area contributed by atoms with Crippen LogP contribution in [0.15, 0.2) is 54.6 Å². The average Bonchev–Trinajstić information content (AvgIpc) is 2.38. The molecule has 2 N–H and O–H groups in total. The molecule has 0 atom stereocenters. The van der Waals surface area contributed by atoms with Gasteiger partial charge in [0.25, 0.3) is 0 Å². The zero-order chi connectivity index (χ0) is 14.6. The van der Waals surface area contributed by atoms with E-state index in [2.05, 4.69) is 4.72 Å². The van der Waals surface area contributed by atoms with Crippen molar-refractivity contribution in [2.75, 3.05) is 10.5 Å². The lowest BCUT2D eigenvalue weighted by Gasteiger charge is -2.07. The van der Waals surface area contributed by atoms with Crippen LogP contribution in [-0.2, 0) is 14.8 Å². The quantitative estimate of drug-likeness (QED) is 0.884. The molecule has 0 heterocycles. The van der Waals surface area contributed by atoms with Crippen molar-refractivity contribution in [1.82, 2.24) is 0 Å². The minimum atomic E-state index is -3.86. The van der Waals surface area contributed by atoms with Gasteiger partial charge < -0.3 is 5.11 Å². The largest absolute Gasteiger partial charge is 0.480 e. The van der Waals surface area contributed by atoms with Crippen LogP contribution >= 0.6 is 0 Å². The van der Waals surface area contributed by atoms with Gasteiger partial charge in [0.2, 0.25) is 10.0 Å². The molecule has 5 nitrogen and oxygen atoms in total. The van der Waals surface area contributed by atoms with Crippen molar-refractivity contribution in [2.45, 2.75) is 0 Å². The highest BCUT2D eigenvalue weighted by Crippen LogP contribution is 2.21. The van der Waals surface area contributed by atoms with Crippen molar-refractivity contribution < 1.29 is 18.3 Å². The first kappa shape index (κ1) is 14.1.